The summed E-state index contributed by atoms with van der Waals surface area (Å²) < 4.78 is 7.64. The van der Waals surface area contributed by atoms with Crippen LogP contribution in [-0.2, 0) is 24.4 Å². The Labute approximate surface area is 149 Å². The van der Waals surface area contributed by atoms with E-state index in [1.807, 2.05) is 19.1 Å². The molecule has 0 unspecified atom stereocenters. The predicted octanol–water partition coefficient (Wildman–Crippen LogP) is 0.994. The third kappa shape index (κ3) is 3.47. The van der Waals surface area contributed by atoms with E-state index in [0.717, 1.165) is 23.2 Å². The third-order valence-corrected chi connectivity index (χ3v) is 4.42. The first-order chi connectivity index (χ1) is 12.4. The van der Waals surface area contributed by atoms with Gasteiger partial charge in [-0.25, -0.2) is 9.36 Å². The number of hydrogen-bond donors (Lipinski definition) is 0. The van der Waals surface area contributed by atoms with Crippen molar-refractivity contribution in [2.45, 2.75) is 52.4 Å². The van der Waals surface area contributed by atoms with Crippen molar-refractivity contribution >= 4 is 5.91 Å². The second-order valence-electron chi connectivity index (χ2n) is 6.38. The summed E-state index contributed by atoms with van der Waals surface area (Å²) in [5.41, 5.74) is -1.48. The minimum Gasteiger partial charge on any atom is -0.464 e. The molecule has 8 heteroatoms. The SMILES string of the molecule is CCn1cc(C#N)c(=O)n(CC(=O)N(Cc2ccc(C)o2)C2CC2)c1=O. The molecular formula is C18H20N4O4. The molecule has 0 saturated heterocycles. The highest BCUT2D eigenvalue weighted by molar-refractivity contribution is 5.76. The fraction of sp³-hybridized carbons (Fsp3) is 0.444. The van der Waals surface area contributed by atoms with Gasteiger partial charge >= 0.3 is 5.69 Å². The molecule has 0 aliphatic heterocycles. The lowest BCUT2D eigenvalue weighted by Gasteiger charge is -2.22. The van der Waals surface area contributed by atoms with Gasteiger partial charge in [-0.2, -0.15) is 5.26 Å². The zero-order chi connectivity index (χ0) is 18.8. The number of hydrogen-bond acceptors (Lipinski definition) is 5. The second-order valence-corrected chi connectivity index (χ2v) is 6.38. The molecule has 0 N–H and O–H groups in total. The topological polar surface area (TPSA) is 101 Å². The molecule has 8 nitrogen and oxygen atoms in total. The molecule has 2 heterocycles. The fourth-order valence-corrected chi connectivity index (χ4v) is 2.87. The lowest BCUT2D eigenvalue weighted by molar-refractivity contribution is -0.133. The number of carbonyl (C=O) groups excluding carboxylic acids is 1. The van der Waals surface area contributed by atoms with Gasteiger partial charge in [0.05, 0.1) is 6.54 Å². The van der Waals surface area contributed by atoms with Crippen molar-refractivity contribution in [1.82, 2.24) is 14.0 Å². The molecule has 26 heavy (non-hydrogen) atoms. The van der Waals surface area contributed by atoms with Gasteiger partial charge in [-0.05, 0) is 38.8 Å². The van der Waals surface area contributed by atoms with E-state index in [9.17, 15) is 14.4 Å². The van der Waals surface area contributed by atoms with Gasteiger partial charge in [0.2, 0.25) is 5.91 Å². The van der Waals surface area contributed by atoms with E-state index in [4.69, 9.17) is 9.68 Å². The average Bonchev–Trinajstić information content (AvgIpc) is 3.38. The van der Waals surface area contributed by atoms with Crippen molar-refractivity contribution in [2.24, 2.45) is 0 Å². The summed E-state index contributed by atoms with van der Waals surface area (Å²) >= 11 is 0. The van der Waals surface area contributed by atoms with Crippen LogP contribution in [0.3, 0.4) is 0 Å². The monoisotopic (exact) mass is 356 g/mol. The minimum atomic E-state index is -0.736. The summed E-state index contributed by atoms with van der Waals surface area (Å²) in [6.45, 7) is 3.78. The highest BCUT2D eigenvalue weighted by atomic mass is 16.3. The van der Waals surface area contributed by atoms with E-state index in [2.05, 4.69) is 0 Å². The summed E-state index contributed by atoms with van der Waals surface area (Å²) in [4.78, 5) is 39.2. The summed E-state index contributed by atoms with van der Waals surface area (Å²) in [7, 11) is 0. The molecule has 136 valence electrons. The number of rotatable bonds is 6. The lowest BCUT2D eigenvalue weighted by atomic mass is 10.3. The van der Waals surface area contributed by atoms with Crippen LogP contribution in [0.15, 0.2) is 32.3 Å². The first-order valence-electron chi connectivity index (χ1n) is 8.53. The number of aromatic nitrogens is 2. The van der Waals surface area contributed by atoms with E-state index in [0.29, 0.717) is 18.8 Å². The van der Waals surface area contributed by atoms with Crippen molar-refractivity contribution in [2.75, 3.05) is 0 Å². The average molecular weight is 356 g/mol. The molecule has 2 aromatic heterocycles. The minimum absolute atomic E-state index is 0.0937. The van der Waals surface area contributed by atoms with Crippen LogP contribution in [0.25, 0.3) is 0 Å². The Balaban J connectivity index is 1.89. The van der Waals surface area contributed by atoms with Gasteiger partial charge in [0.1, 0.15) is 29.7 Å². The summed E-state index contributed by atoms with van der Waals surface area (Å²) in [6.07, 6.45) is 3.01. The fourth-order valence-electron chi connectivity index (χ4n) is 2.87. The van der Waals surface area contributed by atoms with Crippen LogP contribution in [0.4, 0.5) is 0 Å². The van der Waals surface area contributed by atoms with Gasteiger partial charge in [-0.3, -0.25) is 14.2 Å². The van der Waals surface area contributed by atoms with Crippen LogP contribution in [-0.4, -0.2) is 26.0 Å². The van der Waals surface area contributed by atoms with Gasteiger partial charge in [0, 0.05) is 18.8 Å². The molecule has 0 bridgehead atoms. The van der Waals surface area contributed by atoms with Crippen molar-refractivity contribution in [3.05, 3.63) is 56.3 Å². The van der Waals surface area contributed by atoms with Crippen LogP contribution in [0.2, 0.25) is 0 Å². The second kappa shape index (κ2) is 7.04. The zero-order valence-corrected chi connectivity index (χ0v) is 14.8. The quantitative estimate of drug-likeness (QED) is 0.768. The maximum atomic E-state index is 12.8. The zero-order valence-electron chi connectivity index (χ0n) is 14.8. The number of aryl methyl sites for hydroxylation is 2. The van der Waals surface area contributed by atoms with Crippen LogP contribution in [0.5, 0.6) is 0 Å². The largest absolute Gasteiger partial charge is 0.464 e. The highest BCUT2D eigenvalue weighted by Gasteiger charge is 2.33. The standard InChI is InChI=1S/C18H20N4O4/c1-3-20-9-13(8-19)17(24)22(18(20)25)11-16(23)21(14-5-6-14)10-15-7-4-12(2)26-15/h4,7,9,14H,3,5-6,10-11H2,1-2H3. The maximum absolute atomic E-state index is 12.8. The van der Waals surface area contributed by atoms with Crippen molar-refractivity contribution in [3.8, 4) is 6.07 Å². The van der Waals surface area contributed by atoms with Crippen LogP contribution in [0.1, 0.15) is 36.8 Å². The molecule has 0 radical (unpaired) electrons. The molecule has 1 aliphatic carbocycles. The van der Waals surface area contributed by atoms with E-state index in [1.54, 1.807) is 17.9 Å². The first kappa shape index (κ1) is 17.7. The Kier molecular flexibility index (Phi) is 4.80. The molecule has 1 amide bonds. The molecule has 0 atom stereocenters. The summed E-state index contributed by atoms with van der Waals surface area (Å²) in [5, 5.41) is 9.11. The Morgan fingerprint density at radius 1 is 1.38 bits per heavy atom. The molecule has 0 aromatic carbocycles. The van der Waals surface area contributed by atoms with E-state index in [1.165, 1.54) is 10.8 Å². The van der Waals surface area contributed by atoms with Gasteiger partial charge in [0.15, 0.2) is 0 Å². The Morgan fingerprint density at radius 3 is 2.65 bits per heavy atom. The maximum Gasteiger partial charge on any atom is 0.331 e. The number of nitriles is 1. The Morgan fingerprint density at radius 2 is 2.12 bits per heavy atom. The Hall–Kier alpha value is -3.08. The highest BCUT2D eigenvalue weighted by Crippen LogP contribution is 2.29. The van der Waals surface area contributed by atoms with Gasteiger partial charge in [0.25, 0.3) is 5.56 Å². The van der Waals surface area contributed by atoms with Gasteiger partial charge in [-0.15, -0.1) is 0 Å². The normalized spacial score (nSPS) is 13.4. The van der Waals surface area contributed by atoms with Crippen molar-refractivity contribution in [1.29, 1.82) is 5.26 Å². The number of furan rings is 1. The van der Waals surface area contributed by atoms with Gasteiger partial charge < -0.3 is 9.32 Å². The van der Waals surface area contributed by atoms with Crippen LogP contribution < -0.4 is 11.2 Å². The number of amides is 1. The van der Waals surface area contributed by atoms with Crippen LogP contribution in [0, 0.1) is 18.3 Å². The first-order valence-corrected chi connectivity index (χ1v) is 8.53. The number of carbonyl (C=O) groups is 1. The number of nitrogens with zero attached hydrogens (tertiary/aromatic N) is 4. The molecule has 3 rings (SSSR count). The van der Waals surface area contributed by atoms with E-state index in [-0.39, 0.29) is 24.1 Å². The molecular weight excluding hydrogens is 336 g/mol. The van der Waals surface area contributed by atoms with E-state index >= 15 is 0 Å². The predicted molar refractivity (Wildman–Crippen MR) is 92.4 cm³/mol. The van der Waals surface area contributed by atoms with E-state index < -0.39 is 11.2 Å². The van der Waals surface area contributed by atoms with Crippen molar-refractivity contribution < 1.29 is 9.21 Å². The molecule has 1 fully saturated rings. The smallest absolute Gasteiger partial charge is 0.331 e. The molecule has 1 saturated carbocycles. The van der Waals surface area contributed by atoms with Crippen molar-refractivity contribution in [3.63, 3.8) is 0 Å². The lowest BCUT2D eigenvalue weighted by Crippen LogP contribution is -2.45. The summed E-state index contributed by atoms with van der Waals surface area (Å²) in [5.74, 6) is 1.08. The molecule has 0 spiro atoms. The summed E-state index contributed by atoms with van der Waals surface area (Å²) in [6, 6.07) is 5.51. The third-order valence-electron chi connectivity index (χ3n) is 4.42. The Bertz CT molecular complexity index is 988. The van der Waals surface area contributed by atoms with Crippen LogP contribution >= 0.6 is 0 Å². The molecule has 1 aliphatic rings. The van der Waals surface area contributed by atoms with Gasteiger partial charge in [-0.1, -0.05) is 0 Å². The molecule has 2 aromatic rings.